The Kier molecular flexibility index (Phi) is 20.9. The smallest absolute Gasteiger partial charge is 0.122 e. The Morgan fingerprint density at radius 2 is 0.583 bits per heavy atom. The van der Waals surface area contributed by atoms with Crippen molar-refractivity contribution in [3.63, 3.8) is 0 Å². The van der Waals surface area contributed by atoms with Gasteiger partial charge in [-0.25, -0.2) is 6.08 Å². The van der Waals surface area contributed by atoms with Crippen LogP contribution in [0.15, 0.2) is 84.9 Å². The molecule has 260 valence electrons. The van der Waals surface area contributed by atoms with Gasteiger partial charge < -0.3 is 15.3 Å². The number of phenols is 3. The van der Waals surface area contributed by atoms with Crippen molar-refractivity contribution in [1.29, 1.82) is 0 Å². The summed E-state index contributed by atoms with van der Waals surface area (Å²) in [5.74, 6) is 3.76. The van der Waals surface area contributed by atoms with Gasteiger partial charge in [-0.15, -0.1) is 12.1 Å². The minimum atomic E-state index is 0. The van der Waals surface area contributed by atoms with Gasteiger partial charge in [0, 0.05) is 21.7 Å². The van der Waals surface area contributed by atoms with Crippen molar-refractivity contribution in [3.8, 4) is 17.2 Å². The number of benzene rings is 4. The molecule has 0 saturated heterocycles. The third-order valence-electron chi connectivity index (χ3n) is 8.02. The minimum Gasteiger partial charge on any atom is -0.507 e. The van der Waals surface area contributed by atoms with Crippen LogP contribution in [0.5, 0.6) is 17.2 Å². The predicted molar refractivity (Wildman–Crippen MR) is 204 cm³/mol. The first-order chi connectivity index (χ1) is 22.0. The molecule has 0 bridgehead atoms. The first-order valence-electron chi connectivity index (χ1n) is 17.1. The summed E-state index contributed by atoms with van der Waals surface area (Å²) in [6, 6.07) is 27.8. The fourth-order valence-corrected chi connectivity index (χ4v) is 5.10. The van der Waals surface area contributed by atoms with Crippen LogP contribution in [0, 0.1) is 6.58 Å². The molecule has 48 heavy (non-hydrogen) atoms. The van der Waals surface area contributed by atoms with Crippen molar-refractivity contribution in [2.45, 2.75) is 119 Å². The topological polar surface area (TPSA) is 60.7 Å². The quantitative estimate of drug-likeness (QED) is 0.134. The van der Waals surface area contributed by atoms with Crippen LogP contribution in [-0.4, -0.2) is 15.3 Å². The van der Waals surface area contributed by atoms with Gasteiger partial charge in [-0.3, -0.25) is 6.58 Å². The maximum Gasteiger partial charge on any atom is 0.122 e. The molecule has 0 fully saturated rings. The van der Waals surface area contributed by atoms with Gasteiger partial charge in [0.25, 0.3) is 0 Å². The van der Waals surface area contributed by atoms with E-state index in [4.69, 9.17) is 6.58 Å². The number of phenolic OH excluding ortho intramolecular Hbond substituents is 3. The van der Waals surface area contributed by atoms with E-state index in [9.17, 15) is 15.3 Å². The summed E-state index contributed by atoms with van der Waals surface area (Å²) >= 11 is 0. The summed E-state index contributed by atoms with van der Waals surface area (Å²) in [4.78, 5) is 0. The SMILES string of the molecule is CC(C)c1cccc(C(C)C)c1O.CC(C)c1cccc(C(C)C)c1O.CC(C)c1cccc(C(C)C)c1O.[CH-]=Cc1ccccc1.[Ti]. The predicted octanol–water partition coefficient (Wildman–Crippen LogP) is 13.0. The maximum absolute atomic E-state index is 9.93. The Labute approximate surface area is 308 Å². The number of aromatic hydroxyl groups is 3. The van der Waals surface area contributed by atoms with Crippen molar-refractivity contribution in [2.24, 2.45) is 0 Å². The molecule has 3 nitrogen and oxygen atoms in total. The molecule has 0 aromatic heterocycles. The number of hydrogen-bond acceptors (Lipinski definition) is 3. The summed E-state index contributed by atoms with van der Waals surface area (Å²) < 4.78 is 0. The average Bonchev–Trinajstić information content (AvgIpc) is 3.02. The second-order valence-corrected chi connectivity index (χ2v) is 13.9. The Hall–Kier alpha value is -3.27. The van der Waals surface area contributed by atoms with Crippen molar-refractivity contribution in [3.05, 3.63) is 130 Å². The number of para-hydroxylation sites is 3. The Morgan fingerprint density at radius 1 is 0.375 bits per heavy atom. The van der Waals surface area contributed by atoms with Crippen molar-refractivity contribution < 1.29 is 37.0 Å². The van der Waals surface area contributed by atoms with E-state index in [1.807, 2.05) is 84.9 Å². The molecule has 4 aromatic carbocycles. The largest absolute Gasteiger partial charge is 0.507 e. The van der Waals surface area contributed by atoms with Crippen LogP contribution in [0.3, 0.4) is 0 Å². The standard InChI is InChI=1S/3C12H18O.C8H7.Ti/c3*1-8(2)10-6-5-7-11(9(3)4)12(10)13;1-2-8-6-4-3-5-7-8;/h3*5-9,13H,1-4H3;1-7H;/q;;;-1;. The van der Waals surface area contributed by atoms with Gasteiger partial charge in [-0.05, 0) is 68.9 Å². The molecular weight excluding hydrogens is 624 g/mol. The molecule has 4 aromatic rings. The molecule has 0 spiro atoms. The van der Waals surface area contributed by atoms with E-state index in [2.05, 4.69) is 83.1 Å². The van der Waals surface area contributed by atoms with E-state index in [-0.39, 0.29) is 21.7 Å². The molecule has 4 rings (SSSR count). The van der Waals surface area contributed by atoms with E-state index in [1.165, 1.54) is 0 Å². The van der Waals surface area contributed by atoms with Gasteiger partial charge >= 0.3 is 0 Å². The fourth-order valence-electron chi connectivity index (χ4n) is 5.10. The molecule has 0 heterocycles. The molecule has 4 heteroatoms. The van der Waals surface area contributed by atoms with Crippen LogP contribution >= 0.6 is 0 Å². The number of hydrogen-bond donors (Lipinski definition) is 3. The monoisotopic (exact) mass is 685 g/mol. The van der Waals surface area contributed by atoms with Gasteiger partial charge in [0.05, 0.1) is 0 Å². The van der Waals surface area contributed by atoms with Crippen LogP contribution in [-0.2, 0) is 21.7 Å². The molecule has 0 radical (unpaired) electrons. The van der Waals surface area contributed by atoms with Crippen molar-refractivity contribution in [2.75, 3.05) is 0 Å². The van der Waals surface area contributed by atoms with Crippen LogP contribution < -0.4 is 0 Å². The molecule has 3 N–H and O–H groups in total. The van der Waals surface area contributed by atoms with E-state index in [1.54, 1.807) is 6.08 Å². The third-order valence-corrected chi connectivity index (χ3v) is 8.02. The summed E-state index contributed by atoms with van der Waals surface area (Å²) in [5.41, 5.74) is 7.35. The molecule has 0 amide bonds. The van der Waals surface area contributed by atoms with E-state index >= 15 is 0 Å². The van der Waals surface area contributed by atoms with E-state index in [0.717, 1.165) is 38.9 Å². The molecule has 0 atom stereocenters. The summed E-state index contributed by atoms with van der Waals surface area (Å²) in [7, 11) is 0. The van der Waals surface area contributed by atoms with Gasteiger partial charge in [0.1, 0.15) is 17.2 Å². The summed E-state index contributed by atoms with van der Waals surface area (Å²) in [6.07, 6.45) is 1.58. The average molecular weight is 686 g/mol. The van der Waals surface area contributed by atoms with Gasteiger partial charge in [-0.1, -0.05) is 156 Å². The van der Waals surface area contributed by atoms with E-state index < -0.39 is 0 Å². The maximum atomic E-state index is 9.93. The Balaban J connectivity index is 0.000000618. The number of rotatable bonds is 7. The first kappa shape index (κ1) is 44.7. The third kappa shape index (κ3) is 14.1. The van der Waals surface area contributed by atoms with Crippen LogP contribution in [0.4, 0.5) is 0 Å². The zero-order valence-corrected chi connectivity index (χ0v) is 33.1. The minimum absolute atomic E-state index is 0. The molecule has 0 aliphatic carbocycles. The van der Waals surface area contributed by atoms with Gasteiger partial charge in [-0.2, -0.15) is 5.56 Å². The zero-order valence-electron chi connectivity index (χ0n) is 31.5. The van der Waals surface area contributed by atoms with Gasteiger partial charge in [0.2, 0.25) is 0 Å². The van der Waals surface area contributed by atoms with Crippen molar-refractivity contribution in [1.82, 2.24) is 0 Å². The summed E-state index contributed by atoms with van der Waals surface area (Å²) in [5, 5.41) is 29.8. The van der Waals surface area contributed by atoms with Crippen molar-refractivity contribution >= 4 is 6.08 Å². The van der Waals surface area contributed by atoms with Crippen LogP contribution in [0.2, 0.25) is 0 Å². The normalized spacial score (nSPS) is 10.5. The molecule has 0 saturated carbocycles. The summed E-state index contributed by atoms with van der Waals surface area (Å²) in [6.45, 7) is 30.4. The molecule has 0 unspecified atom stereocenters. The first-order valence-corrected chi connectivity index (χ1v) is 17.1. The fraction of sp³-hybridized carbons (Fsp3) is 0.409. The Bertz CT molecular complexity index is 1260. The Morgan fingerprint density at radius 3 is 0.729 bits per heavy atom. The van der Waals surface area contributed by atoms with E-state index in [0.29, 0.717) is 52.8 Å². The molecule has 0 aliphatic rings. The van der Waals surface area contributed by atoms with Crippen LogP contribution in [0.1, 0.15) is 158 Å². The second-order valence-electron chi connectivity index (χ2n) is 13.9. The van der Waals surface area contributed by atoms with Gasteiger partial charge in [0.15, 0.2) is 0 Å². The van der Waals surface area contributed by atoms with Crippen LogP contribution in [0.25, 0.3) is 6.08 Å². The zero-order chi connectivity index (χ0) is 35.8. The molecular formula is C44H61O3Ti-. The molecule has 0 aliphatic heterocycles. The second kappa shape index (κ2) is 22.4.